The molecule has 3 rings (SSSR count). The summed E-state index contributed by atoms with van der Waals surface area (Å²) in [4.78, 5) is 34.4. The van der Waals surface area contributed by atoms with Gasteiger partial charge in [0.1, 0.15) is 0 Å². The molecule has 0 bridgehead atoms. The van der Waals surface area contributed by atoms with Gasteiger partial charge in [-0.15, -0.1) is 11.3 Å². The normalized spacial score (nSPS) is 16.9. The molecule has 1 aliphatic rings. The average Bonchev–Trinajstić information content (AvgIpc) is 3.39. The van der Waals surface area contributed by atoms with Gasteiger partial charge in [0, 0.05) is 16.8 Å². The number of unbranched alkanes of at least 4 members (excludes halogenated alkanes) is 1. The number of halogens is 1. The molecule has 0 radical (unpaired) electrons. The van der Waals surface area contributed by atoms with Gasteiger partial charge < -0.3 is 9.64 Å². The lowest BCUT2D eigenvalue weighted by Crippen LogP contribution is -2.37. The number of hydrogen-bond acceptors (Lipinski definition) is 6. The van der Waals surface area contributed by atoms with E-state index in [0.717, 1.165) is 34.3 Å². The number of thiophene rings is 1. The highest BCUT2D eigenvalue weighted by Gasteiger charge is 2.42. The molecule has 1 aliphatic heterocycles. The molecule has 1 fully saturated rings. The minimum atomic E-state index is -0.690. The third kappa shape index (κ3) is 5.46. The van der Waals surface area contributed by atoms with Crippen molar-refractivity contribution >= 4 is 55.7 Å². The van der Waals surface area contributed by atoms with Crippen LogP contribution >= 0.6 is 38.6 Å². The van der Waals surface area contributed by atoms with Crippen molar-refractivity contribution in [1.29, 1.82) is 0 Å². The largest absolute Gasteiger partial charge is 0.435 e. The summed E-state index contributed by atoms with van der Waals surface area (Å²) in [6, 6.07) is 1.70. The van der Waals surface area contributed by atoms with E-state index in [4.69, 9.17) is 4.74 Å². The zero-order valence-corrected chi connectivity index (χ0v) is 19.7. The quantitative estimate of drug-likeness (QED) is 0.253. The molecule has 29 heavy (non-hydrogen) atoms. The molecular weight excluding hydrogens is 474 g/mol. The summed E-state index contributed by atoms with van der Waals surface area (Å²) in [5, 5.41) is 2.34. The van der Waals surface area contributed by atoms with E-state index in [1.165, 1.54) is 16.2 Å². The number of ether oxygens (including phenoxy) is 1. The zero-order valence-electron chi connectivity index (χ0n) is 16.5. The maximum Gasteiger partial charge on any atom is 0.340 e. The van der Waals surface area contributed by atoms with Crippen molar-refractivity contribution in [3.05, 3.63) is 44.0 Å². The van der Waals surface area contributed by atoms with Gasteiger partial charge in [0.2, 0.25) is 6.23 Å². The second-order valence-electron chi connectivity index (χ2n) is 6.67. The Bertz CT molecular complexity index is 880. The average molecular weight is 498 g/mol. The zero-order chi connectivity index (χ0) is 20.8. The van der Waals surface area contributed by atoms with Gasteiger partial charge in [0.25, 0.3) is 0 Å². The van der Waals surface area contributed by atoms with E-state index < -0.39 is 12.2 Å². The summed E-state index contributed by atoms with van der Waals surface area (Å²) in [5.41, 5.74) is 0.540. The minimum Gasteiger partial charge on any atom is -0.435 e. The van der Waals surface area contributed by atoms with Crippen molar-refractivity contribution in [3.63, 3.8) is 0 Å². The predicted octanol–water partition coefficient (Wildman–Crippen LogP) is 5.70. The van der Waals surface area contributed by atoms with Crippen molar-refractivity contribution in [1.82, 2.24) is 9.88 Å². The van der Waals surface area contributed by atoms with Crippen LogP contribution in [0.1, 0.15) is 48.3 Å². The Kier molecular flexibility index (Phi) is 7.85. The minimum absolute atomic E-state index is 0.179. The van der Waals surface area contributed by atoms with E-state index >= 15 is 0 Å². The number of aromatic nitrogens is 1. The van der Waals surface area contributed by atoms with E-state index in [2.05, 4.69) is 33.9 Å². The molecule has 2 aromatic heterocycles. The molecule has 0 aliphatic carbocycles. The molecule has 1 atom stereocenters. The molecule has 0 aromatic carbocycles. The topological polar surface area (TPSA) is 62.7 Å². The molecular formula is C20H24BrN3O3S2. The van der Waals surface area contributed by atoms with Crippen LogP contribution in [0.15, 0.2) is 33.6 Å². The third-order valence-corrected chi connectivity index (χ3v) is 6.95. The van der Waals surface area contributed by atoms with Gasteiger partial charge in [-0.1, -0.05) is 36.8 Å². The van der Waals surface area contributed by atoms with E-state index in [1.54, 1.807) is 22.4 Å². The molecule has 0 spiro atoms. The van der Waals surface area contributed by atoms with Gasteiger partial charge in [0.15, 0.2) is 5.13 Å². The highest BCUT2D eigenvalue weighted by atomic mass is 79.9. The number of esters is 1. The highest BCUT2D eigenvalue weighted by Crippen LogP contribution is 2.32. The standard InChI is InChI=1S/C20H24BrN3O3S2/c1-3-5-6-7-9-23-12-17(24(20(23)26)19-22-11-16(21)29-19)27-18(25)14-10-15(8-4-2)28-13-14/h3,5,10-11,13,17H,4,6-9,12H2,1-2H3. The van der Waals surface area contributed by atoms with Gasteiger partial charge in [-0.2, -0.15) is 0 Å². The SMILES string of the molecule is CC=CCCCN1CC(OC(=O)c2csc(CCC)c2)N(c2ncc(Br)s2)C1=O. The van der Waals surface area contributed by atoms with Crippen molar-refractivity contribution in [2.45, 2.75) is 45.8 Å². The van der Waals surface area contributed by atoms with Crippen LogP contribution < -0.4 is 4.90 Å². The number of hydrogen-bond donors (Lipinski definition) is 0. The molecule has 1 unspecified atom stereocenters. The highest BCUT2D eigenvalue weighted by molar-refractivity contribution is 9.11. The fourth-order valence-electron chi connectivity index (χ4n) is 3.09. The molecule has 3 heterocycles. The first-order chi connectivity index (χ1) is 14.0. The Morgan fingerprint density at radius 1 is 1.48 bits per heavy atom. The van der Waals surface area contributed by atoms with Crippen LogP contribution in [0.2, 0.25) is 0 Å². The predicted molar refractivity (Wildman–Crippen MR) is 121 cm³/mol. The molecule has 6 nitrogen and oxygen atoms in total. The fraction of sp³-hybridized carbons (Fsp3) is 0.450. The van der Waals surface area contributed by atoms with E-state index in [0.29, 0.717) is 23.8 Å². The number of aryl methyl sites for hydroxylation is 1. The summed E-state index contributed by atoms with van der Waals surface area (Å²) in [7, 11) is 0. The van der Waals surface area contributed by atoms with Crippen molar-refractivity contribution < 1.29 is 14.3 Å². The Morgan fingerprint density at radius 3 is 3.00 bits per heavy atom. The van der Waals surface area contributed by atoms with Crippen molar-refractivity contribution in [3.8, 4) is 0 Å². The number of thiazole rings is 1. The van der Waals surface area contributed by atoms with Crippen LogP contribution in [-0.2, 0) is 11.2 Å². The van der Waals surface area contributed by atoms with E-state index in [9.17, 15) is 9.59 Å². The third-order valence-electron chi connectivity index (χ3n) is 4.48. The van der Waals surface area contributed by atoms with Crippen LogP contribution in [-0.4, -0.2) is 41.2 Å². The maximum absolute atomic E-state index is 13.0. The van der Waals surface area contributed by atoms with Gasteiger partial charge in [-0.25, -0.2) is 19.5 Å². The molecule has 2 amide bonds. The number of urea groups is 1. The number of nitrogens with zero attached hydrogens (tertiary/aromatic N) is 3. The first-order valence-electron chi connectivity index (χ1n) is 9.62. The van der Waals surface area contributed by atoms with Crippen molar-refractivity contribution in [2.24, 2.45) is 0 Å². The molecule has 0 N–H and O–H groups in total. The van der Waals surface area contributed by atoms with Crippen LogP contribution in [0, 0.1) is 0 Å². The monoisotopic (exact) mass is 497 g/mol. The first-order valence-corrected chi connectivity index (χ1v) is 12.1. The number of anilines is 1. The molecule has 156 valence electrons. The molecule has 0 saturated carbocycles. The number of carbonyl (C=O) groups is 2. The molecule has 9 heteroatoms. The van der Waals surface area contributed by atoms with Gasteiger partial charge in [-0.05, 0) is 48.2 Å². The lowest BCUT2D eigenvalue weighted by atomic mass is 10.2. The van der Waals surface area contributed by atoms with Gasteiger partial charge >= 0.3 is 12.0 Å². The summed E-state index contributed by atoms with van der Waals surface area (Å²) in [6.07, 6.45) is 8.78. The Labute approximate surface area is 187 Å². The summed E-state index contributed by atoms with van der Waals surface area (Å²) in [5.74, 6) is -0.405. The van der Waals surface area contributed by atoms with Crippen LogP contribution in [0.25, 0.3) is 0 Å². The fourth-order valence-corrected chi connectivity index (χ4v) is 5.26. The smallest absolute Gasteiger partial charge is 0.340 e. The van der Waals surface area contributed by atoms with Crippen LogP contribution in [0.3, 0.4) is 0 Å². The summed E-state index contributed by atoms with van der Waals surface area (Å²) < 4.78 is 6.58. The summed E-state index contributed by atoms with van der Waals surface area (Å²) in [6.45, 7) is 5.04. The lowest BCUT2D eigenvalue weighted by molar-refractivity contribution is 0.0326. The number of carbonyl (C=O) groups excluding carboxylic acids is 2. The molecule has 1 saturated heterocycles. The van der Waals surface area contributed by atoms with Crippen molar-refractivity contribution in [2.75, 3.05) is 18.0 Å². The molecule has 2 aromatic rings. The Balaban J connectivity index is 1.73. The maximum atomic E-state index is 13.0. The van der Waals surface area contributed by atoms with Crippen LogP contribution in [0.5, 0.6) is 0 Å². The van der Waals surface area contributed by atoms with E-state index in [-0.39, 0.29) is 6.03 Å². The van der Waals surface area contributed by atoms with Gasteiger partial charge in [-0.3, -0.25) is 0 Å². The summed E-state index contributed by atoms with van der Waals surface area (Å²) >= 11 is 6.30. The van der Waals surface area contributed by atoms with Gasteiger partial charge in [0.05, 0.1) is 22.1 Å². The number of amides is 2. The Morgan fingerprint density at radius 2 is 2.31 bits per heavy atom. The van der Waals surface area contributed by atoms with Crippen LogP contribution in [0.4, 0.5) is 9.93 Å². The number of rotatable bonds is 9. The van der Waals surface area contributed by atoms with E-state index in [1.807, 2.05) is 24.4 Å². The first kappa shape index (κ1) is 22.0. The second kappa shape index (κ2) is 10.4. The lowest BCUT2D eigenvalue weighted by Gasteiger charge is -2.20. The number of allylic oxidation sites excluding steroid dienone is 2. The Hall–Kier alpha value is -1.71. The second-order valence-corrected chi connectivity index (χ2v) is 10.1.